The van der Waals surface area contributed by atoms with E-state index in [0.29, 0.717) is 38.4 Å². The van der Waals surface area contributed by atoms with Gasteiger partial charge in [-0.05, 0) is 6.42 Å². The second-order valence-corrected chi connectivity index (χ2v) is 27.6. The molecule has 2 aliphatic heterocycles. The molecule has 0 radical (unpaired) electrons. The van der Waals surface area contributed by atoms with Gasteiger partial charge in [-0.15, -0.1) is 0 Å². The average Bonchev–Trinajstić information content (AvgIpc) is 3.61. The Morgan fingerprint density at radius 2 is 1.15 bits per heavy atom. The summed E-state index contributed by atoms with van der Waals surface area (Å²) < 4.78 is 49.7. The Morgan fingerprint density at radius 1 is 0.690 bits per heavy atom. The van der Waals surface area contributed by atoms with Gasteiger partial charge in [-0.3, -0.25) is 4.55 Å². The van der Waals surface area contributed by atoms with Crippen molar-refractivity contribution < 1.29 is 65.8 Å². The van der Waals surface area contributed by atoms with Crippen molar-refractivity contribution in [3.05, 3.63) is 161 Å². The van der Waals surface area contributed by atoms with E-state index in [2.05, 4.69) is 21.3 Å². The van der Waals surface area contributed by atoms with Gasteiger partial charge in [-0.2, -0.15) is 8.42 Å². The summed E-state index contributed by atoms with van der Waals surface area (Å²) in [6.07, 6.45) is -1.36. The molecule has 5 aromatic rings. The minimum absolute atomic E-state index is 0.0224. The van der Waals surface area contributed by atoms with Crippen molar-refractivity contribution in [2.45, 2.75) is 50.6 Å². The maximum absolute atomic E-state index is 13.9. The maximum atomic E-state index is 13.9. The van der Waals surface area contributed by atoms with Crippen LogP contribution in [0.15, 0.2) is 91.0 Å². The van der Waals surface area contributed by atoms with E-state index in [1.54, 1.807) is 48.5 Å². The minimum atomic E-state index is -4.38. The molecule has 368 valence electrons. The van der Waals surface area contributed by atoms with Crippen LogP contribution in [-0.4, -0.2) is 90.7 Å². The van der Waals surface area contributed by atoms with Gasteiger partial charge in [0.05, 0.1) is 5.75 Å². The molecule has 0 bridgehead atoms. The van der Waals surface area contributed by atoms with Crippen LogP contribution in [0, 0.1) is 20.2 Å². The number of ether oxygens (including phenoxy) is 3. The van der Waals surface area contributed by atoms with Gasteiger partial charge >= 0.3 is 353 Å². The number of nitrogens with one attached hydrogen (secondary N) is 4. The topological polar surface area (TPSA) is 319 Å². The standard InChI is InChI=1S/C47H44GeN6O16S/c1-5-16-49-42(56)28-7-14-40(53(61)62)30(19-28)24-68-45(59)51-32-9-12-36-38(22-32)48(3,4)39-23-33(10-13-37(39)47(36)35-11-6-27(26(2)55)21-34(35)44(58)70-47)52-46(60)69-25-31-20-29(8-15-41(31)54(63)64)43(57)50-17-18-71(65,66)67/h6-15,19-23H,5,16-18,24-25H2,1-4H3,(H,49,56)(H,50,57)(H,51,59)(H,52,60)(H,65,66,67). The molecule has 1 spiro atoms. The number of amides is 4. The summed E-state index contributed by atoms with van der Waals surface area (Å²) in [7, 11) is -4.38. The SMILES string of the molecule is CCCNC(=O)c1ccc([N+](=O)[O-])c(COC(=O)Nc2ccc3[c](c2)[Ge]([CH3])([CH3])[c]2cc(NC(=O)OCc4cc(C(=O)NCCS(=O)(=O)O)ccc4[N+](=O)[O-])ccc2C32OC(=O)c3cc(C(C)=O)ccc32)c1. The number of nitrogens with zero attached hydrogens (tertiary/aromatic N) is 2. The molecule has 22 nitrogen and oxygen atoms in total. The molecule has 5 N–H and O–H groups in total. The van der Waals surface area contributed by atoms with E-state index in [-0.39, 0.29) is 56.2 Å². The first kappa shape index (κ1) is 50.8. The van der Waals surface area contributed by atoms with E-state index >= 15 is 0 Å². The number of hydrogen-bond donors (Lipinski definition) is 5. The van der Waals surface area contributed by atoms with Gasteiger partial charge < -0.3 is 0 Å². The average molecular weight is 1050 g/mol. The molecule has 0 saturated heterocycles. The molecule has 0 aliphatic carbocycles. The molecular formula is C47H44GeN6O16S. The Kier molecular flexibility index (Phi) is 14.4. The third-order valence-electron chi connectivity index (χ3n) is 11.9. The molecular weight excluding hydrogens is 1010 g/mol. The fourth-order valence-electron chi connectivity index (χ4n) is 8.44. The summed E-state index contributed by atoms with van der Waals surface area (Å²) >= 11 is -3.71. The molecule has 5 aromatic carbocycles. The van der Waals surface area contributed by atoms with Crippen LogP contribution in [0.1, 0.15) is 89.5 Å². The van der Waals surface area contributed by atoms with Gasteiger partial charge in [-0.25, -0.2) is 0 Å². The Morgan fingerprint density at radius 3 is 1.61 bits per heavy atom. The second-order valence-electron chi connectivity index (χ2n) is 16.9. The van der Waals surface area contributed by atoms with E-state index in [9.17, 15) is 57.4 Å². The van der Waals surface area contributed by atoms with Crippen LogP contribution in [-0.2, 0) is 43.1 Å². The number of Topliss-reactive ketones (excluding diaryl/α,β-unsaturated/α-hetero) is 1. The van der Waals surface area contributed by atoms with Gasteiger partial charge in [0.25, 0.3) is 10.1 Å². The van der Waals surface area contributed by atoms with Crippen molar-refractivity contribution in [1.82, 2.24) is 10.6 Å². The summed E-state index contributed by atoms with van der Waals surface area (Å²) in [4.78, 5) is 101. The van der Waals surface area contributed by atoms with E-state index in [0.717, 1.165) is 24.3 Å². The Bertz CT molecular complexity index is 3220. The number of carbonyl (C=O) groups excluding carboxylic acids is 6. The van der Waals surface area contributed by atoms with Crippen molar-refractivity contribution in [3.63, 3.8) is 0 Å². The monoisotopic (exact) mass is 1050 g/mol. The van der Waals surface area contributed by atoms with Crippen molar-refractivity contribution in [2.75, 3.05) is 29.5 Å². The summed E-state index contributed by atoms with van der Waals surface area (Å²) in [5.74, 6) is 1.02. The number of hydrogen-bond acceptors (Lipinski definition) is 15. The number of nitro groups is 2. The number of anilines is 2. The fourth-order valence-corrected chi connectivity index (χ4v) is 15.5. The number of benzene rings is 5. The molecule has 24 heteroatoms. The predicted octanol–water partition coefficient (Wildman–Crippen LogP) is 5.56. The molecule has 4 amide bonds. The Balaban J connectivity index is 1.18. The zero-order valence-electron chi connectivity index (χ0n) is 38.3. The number of nitro benzene ring substituents is 2. The first-order valence-electron chi connectivity index (χ1n) is 21.7. The van der Waals surface area contributed by atoms with Crippen LogP contribution in [0.5, 0.6) is 0 Å². The molecule has 1 unspecified atom stereocenters. The van der Waals surface area contributed by atoms with E-state index in [1.807, 2.05) is 18.4 Å². The van der Waals surface area contributed by atoms with Crippen LogP contribution >= 0.6 is 0 Å². The molecule has 1 atom stereocenters. The number of esters is 1. The third-order valence-corrected chi connectivity index (χ3v) is 20.0. The zero-order valence-corrected chi connectivity index (χ0v) is 41.2. The second kappa shape index (κ2) is 20.1. The quantitative estimate of drug-likeness (QED) is 0.0154. The summed E-state index contributed by atoms with van der Waals surface area (Å²) in [6, 6.07) is 21.6. The molecule has 0 saturated carbocycles. The van der Waals surface area contributed by atoms with Gasteiger partial charge in [0.15, 0.2) is 0 Å². The van der Waals surface area contributed by atoms with Gasteiger partial charge in [0.2, 0.25) is 0 Å². The number of carbonyl (C=O) groups is 6. The molecule has 0 fully saturated rings. The van der Waals surface area contributed by atoms with Gasteiger partial charge in [0.1, 0.15) is 0 Å². The summed E-state index contributed by atoms with van der Waals surface area (Å²) in [5.41, 5.74) is -0.161. The van der Waals surface area contributed by atoms with Crippen LogP contribution in [0.2, 0.25) is 11.5 Å². The van der Waals surface area contributed by atoms with Crippen LogP contribution in [0.3, 0.4) is 0 Å². The summed E-state index contributed by atoms with van der Waals surface area (Å²) in [6.45, 7) is 1.93. The Hall–Kier alpha value is -8.03. The molecule has 71 heavy (non-hydrogen) atoms. The van der Waals surface area contributed by atoms with E-state index in [4.69, 9.17) is 18.8 Å². The normalized spacial score (nSPS) is 15.0. The van der Waals surface area contributed by atoms with E-state index in [1.165, 1.54) is 25.1 Å². The number of ketones is 1. The number of rotatable bonds is 16. The van der Waals surface area contributed by atoms with Crippen LogP contribution in [0.4, 0.5) is 32.3 Å². The molecule has 0 aromatic heterocycles. The summed E-state index contributed by atoms with van der Waals surface area (Å²) in [5, 5.41) is 34.0. The van der Waals surface area contributed by atoms with Crippen LogP contribution in [0.25, 0.3) is 0 Å². The third kappa shape index (κ3) is 10.6. The van der Waals surface area contributed by atoms with Crippen LogP contribution < -0.4 is 30.1 Å². The van der Waals surface area contributed by atoms with Crippen molar-refractivity contribution in [1.29, 1.82) is 0 Å². The molecule has 2 aliphatic rings. The van der Waals surface area contributed by atoms with Gasteiger partial charge in [-0.1, -0.05) is 6.92 Å². The Labute approximate surface area is 406 Å². The number of fused-ring (bicyclic) bond motifs is 6. The first-order chi connectivity index (χ1) is 33.5. The molecule has 7 rings (SSSR count). The van der Waals surface area contributed by atoms with Crippen molar-refractivity contribution in [2.24, 2.45) is 0 Å². The zero-order chi connectivity index (χ0) is 51.6. The fraction of sp³-hybridized carbons (Fsp3) is 0.234. The molecule has 2 heterocycles. The van der Waals surface area contributed by atoms with Crippen molar-refractivity contribution >= 4 is 90.7 Å². The first-order valence-corrected chi connectivity index (χ1v) is 29.6. The van der Waals surface area contributed by atoms with Crippen molar-refractivity contribution in [3.8, 4) is 0 Å². The van der Waals surface area contributed by atoms with E-state index < -0.39 is 100 Å². The van der Waals surface area contributed by atoms with Gasteiger partial charge in [0, 0.05) is 13.1 Å². The predicted molar refractivity (Wildman–Crippen MR) is 257 cm³/mol.